The van der Waals surface area contributed by atoms with E-state index in [1.165, 1.54) is 0 Å². The van der Waals surface area contributed by atoms with Crippen molar-refractivity contribution in [3.05, 3.63) is 45.4 Å². The lowest BCUT2D eigenvalue weighted by Gasteiger charge is -2.12. The number of nitrogens with one attached hydrogen (secondary N) is 2. The van der Waals surface area contributed by atoms with Crippen LogP contribution in [0.3, 0.4) is 0 Å². The van der Waals surface area contributed by atoms with Crippen molar-refractivity contribution in [3.8, 4) is 5.75 Å². The Morgan fingerprint density at radius 2 is 2.08 bits per heavy atom. The van der Waals surface area contributed by atoms with Gasteiger partial charge in [0.2, 0.25) is 0 Å². The highest BCUT2D eigenvalue weighted by Gasteiger charge is 2.10. The number of benzene rings is 1. The van der Waals surface area contributed by atoms with Gasteiger partial charge in [-0.2, -0.15) is 8.78 Å². The summed E-state index contributed by atoms with van der Waals surface area (Å²) in [5, 5.41) is 7.28. The van der Waals surface area contributed by atoms with Crippen molar-refractivity contribution in [1.82, 2.24) is 15.6 Å². The van der Waals surface area contributed by atoms with Gasteiger partial charge in [-0.3, -0.25) is 0 Å². The molecule has 1 aromatic heterocycles. The van der Waals surface area contributed by atoms with Crippen molar-refractivity contribution in [2.24, 2.45) is 4.99 Å². The third-order valence-corrected chi connectivity index (χ3v) is 4.17. The first-order valence-corrected chi connectivity index (χ1v) is 8.77. The second kappa shape index (κ2) is 11.3. The summed E-state index contributed by atoms with van der Waals surface area (Å²) in [6, 6.07) is 5.08. The van der Waals surface area contributed by atoms with E-state index in [1.54, 1.807) is 29.5 Å². The number of guanidine groups is 1. The van der Waals surface area contributed by atoms with Gasteiger partial charge in [0, 0.05) is 23.2 Å². The molecule has 0 aliphatic rings. The number of nitrogens with zero attached hydrogens (tertiary/aromatic N) is 2. The first kappa shape index (κ1) is 22.6. The van der Waals surface area contributed by atoms with Crippen molar-refractivity contribution < 1.29 is 13.5 Å². The largest absolute Gasteiger partial charge is 0.434 e. The summed E-state index contributed by atoms with van der Waals surface area (Å²) in [6.45, 7) is 4.48. The highest BCUT2D eigenvalue weighted by molar-refractivity contribution is 14.0. The molecule has 0 amide bonds. The molecule has 26 heavy (non-hydrogen) atoms. The summed E-state index contributed by atoms with van der Waals surface area (Å²) in [5.74, 6) is 0.746. The molecule has 144 valence electrons. The van der Waals surface area contributed by atoms with Gasteiger partial charge >= 0.3 is 6.61 Å². The number of aryl methyl sites for hydroxylation is 2. The summed E-state index contributed by atoms with van der Waals surface area (Å²) < 4.78 is 29.7. The Bertz CT molecular complexity index is 725. The van der Waals surface area contributed by atoms with E-state index in [0.29, 0.717) is 24.6 Å². The quantitative estimate of drug-likeness (QED) is 0.342. The van der Waals surface area contributed by atoms with Crippen molar-refractivity contribution in [2.45, 2.75) is 40.5 Å². The van der Waals surface area contributed by atoms with Gasteiger partial charge in [-0.15, -0.1) is 35.3 Å². The third-order valence-electron chi connectivity index (χ3n) is 3.26. The molecule has 0 radical (unpaired) electrons. The van der Waals surface area contributed by atoms with Crippen LogP contribution in [0.1, 0.15) is 27.9 Å². The summed E-state index contributed by atoms with van der Waals surface area (Å²) in [6.07, 6.45) is 1.83. The van der Waals surface area contributed by atoms with Gasteiger partial charge in [0.15, 0.2) is 5.96 Å². The number of aliphatic imine (C=N–C) groups is 1. The third kappa shape index (κ3) is 7.40. The molecule has 5 nitrogen and oxygen atoms in total. The van der Waals surface area contributed by atoms with Gasteiger partial charge in [0.1, 0.15) is 10.8 Å². The molecule has 0 bridgehead atoms. The predicted octanol–water partition coefficient (Wildman–Crippen LogP) is 4.23. The number of halogens is 3. The Hall–Kier alpha value is -1.49. The summed E-state index contributed by atoms with van der Waals surface area (Å²) in [5.41, 5.74) is 1.57. The zero-order valence-electron chi connectivity index (χ0n) is 14.9. The first-order valence-electron chi connectivity index (χ1n) is 7.95. The summed E-state index contributed by atoms with van der Waals surface area (Å²) in [4.78, 5) is 9.90. The lowest BCUT2D eigenvalue weighted by Crippen LogP contribution is -2.36. The van der Waals surface area contributed by atoms with Gasteiger partial charge in [0.05, 0.1) is 13.1 Å². The molecule has 1 heterocycles. The van der Waals surface area contributed by atoms with Crippen molar-refractivity contribution in [1.29, 1.82) is 0 Å². The SMILES string of the molecule is CCNC(=NCc1cc(C)ccc1OC(F)F)NCc1ncc(C)s1.I. The maximum Gasteiger partial charge on any atom is 0.387 e. The van der Waals surface area contributed by atoms with Crippen LogP contribution in [-0.4, -0.2) is 24.1 Å². The van der Waals surface area contributed by atoms with E-state index in [4.69, 9.17) is 0 Å². The Kier molecular flexibility index (Phi) is 9.78. The van der Waals surface area contributed by atoms with Crippen LogP contribution in [-0.2, 0) is 13.1 Å². The monoisotopic (exact) mass is 496 g/mol. The first-order chi connectivity index (χ1) is 12.0. The fraction of sp³-hybridized carbons (Fsp3) is 0.412. The van der Waals surface area contributed by atoms with Gasteiger partial charge in [-0.25, -0.2) is 9.98 Å². The molecule has 0 aliphatic carbocycles. The molecule has 0 aliphatic heterocycles. The number of hydrogen-bond donors (Lipinski definition) is 2. The molecule has 0 saturated carbocycles. The van der Waals surface area contributed by atoms with Crippen LogP contribution in [0.4, 0.5) is 8.78 Å². The van der Waals surface area contributed by atoms with E-state index in [2.05, 4.69) is 25.3 Å². The number of thiazole rings is 1. The molecule has 0 spiro atoms. The number of ether oxygens (including phenoxy) is 1. The van der Waals surface area contributed by atoms with Crippen LogP contribution in [0.25, 0.3) is 0 Å². The van der Waals surface area contributed by atoms with E-state index in [0.717, 1.165) is 15.4 Å². The lowest BCUT2D eigenvalue weighted by molar-refractivity contribution is -0.0504. The van der Waals surface area contributed by atoms with Crippen LogP contribution in [0.5, 0.6) is 5.75 Å². The highest BCUT2D eigenvalue weighted by Crippen LogP contribution is 2.23. The maximum atomic E-state index is 12.5. The lowest BCUT2D eigenvalue weighted by atomic mass is 10.1. The van der Waals surface area contributed by atoms with Crippen LogP contribution < -0.4 is 15.4 Å². The molecule has 2 aromatic rings. The maximum absolute atomic E-state index is 12.5. The average molecular weight is 496 g/mol. The zero-order chi connectivity index (χ0) is 18.2. The molecule has 0 unspecified atom stereocenters. The Labute approximate surface area is 173 Å². The Morgan fingerprint density at radius 1 is 1.31 bits per heavy atom. The molecule has 0 atom stereocenters. The molecule has 2 rings (SSSR count). The zero-order valence-corrected chi connectivity index (χ0v) is 18.0. The van der Waals surface area contributed by atoms with Crippen molar-refractivity contribution >= 4 is 41.3 Å². The molecule has 0 saturated heterocycles. The van der Waals surface area contributed by atoms with Crippen LogP contribution in [0.15, 0.2) is 29.4 Å². The van der Waals surface area contributed by atoms with E-state index in [9.17, 15) is 8.78 Å². The number of hydrogen-bond acceptors (Lipinski definition) is 4. The van der Waals surface area contributed by atoms with Gasteiger partial charge in [-0.05, 0) is 26.8 Å². The van der Waals surface area contributed by atoms with Crippen molar-refractivity contribution in [3.63, 3.8) is 0 Å². The van der Waals surface area contributed by atoms with E-state index in [1.807, 2.05) is 27.0 Å². The van der Waals surface area contributed by atoms with Crippen LogP contribution >= 0.6 is 35.3 Å². The summed E-state index contributed by atoms with van der Waals surface area (Å²) in [7, 11) is 0. The van der Waals surface area contributed by atoms with E-state index in [-0.39, 0.29) is 36.3 Å². The standard InChI is InChI=1S/C17H22F2N4OS.HI/c1-4-20-17(23-10-15-21-8-12(3)25-15)22-9-13-7-11(2)5-6-14(13)24-16(18)19;/h5-8,16H,4,9-10H2,1-3H3,(H2,20,22,23);1H. The topological polar surface area (TPSA) is 58.5 Å². The number of rotatable bonds is 7. The van der Waals surface area contributed by atoms with Crippen molar-refractivity contribution in [2.75, 3.05) is 6.54 Å². The number of aromatic nitrogens is 1. The van der Waals surface area contributed by atoms with Gasteiger partial charge < -0.3 is 15.4 Å². The molecule has 1 aromatic carbocycles. The molecule has 2 N–H and O–H groups in total. The smallest absolute Gasteiger partial charge is 0.387 e. The molecular weight excluding hydrogens is 473 g/mol. The molecule has 9 heteroatoms. The second-order valence-corrected chi connectivity index (χ2v) is 6.72. The normalized spacial score (nSPS) is 11.2. The molecule has 0 fully saturated rings. The highest BCUT2D eigenvalue weighted by atomic mass is 127. The Morgan fingerprint density at radius 3 is 2.69 bits per heavy atom. The van der Waals surface area contributed by atoms with Crippen LogP contribution in [0, 0.1) is 13.8 Å². The fourth-order valence-electron chi connectivity index (χ4n) is 2.19. The average Bonchev–Trinajstić information content (AvgIpc) is 2.97. The minimum absolute atomic E-state index is 0. The van der Waals surface area contributed by atoms with Gasteiger partial charge in [-0.1, -0.05) is 17.7 Å². The number of alkyl halides is 2. The van der Waals surface area contributed by atoms with Gasteiger partial charge in [0.25, 0.3) is 0 Å². The van der Waals surface area contributed by atoms with E-state index >= 15 is 0 Å². The van der Waals surface area contributed by atoms with E-state index < -0.39 is 6.61 Å². The minimum atomic E-state index is -2.86. The predicted molar refractivity (Wildman–Crippen MR) is 112 cm³/mol. The fourth-order valence-corrected chi connectivity index (χ4v) is 2.92. The second-order valence-electron chi connectivity index (χ2n) is 5.40. The Balaban J connectivity index is 0.00000338. The minimum Gasteiger partial charge on any atom is -0.434 e. The van der Waals surface area contributed by atoms with Crippen LogP contribution in [0.2, 0.25) is 0 Å². The molecular formula is C17H23F2IN4OS. The summed E-state index contributed by atoms with van der Waals surface area (Å²) >= 11 is 1.61.